The summed E-state index contributed by atoms with van der Waals surface area (Å²) >= 11 is 0. The third kappa shape index (κ3) is 1.92. The summed E-state index contributed by atoms with van der Waals surface area (Å²) < 4.78 is 11.3. The predicted molar refractivity (Wildman–Crippen MR) is 80.8 cm³/mol. The van der Waals surface area contributed by atoms with E-state index in [-0.39, 0.29) is 0 Å². The summed E-state index contributed by atoms with van der Waals surface area (Å²) in [7, 11) is 0. The molecule has 2 heterocycles. The number of pyridine rings is 1. The molecule has 1 aliphatic rings. The number of ether oxygens (including phenoxy) is 2. The van der Waals surface area contributed by atoms with Crippen LogP contribution in [0.3, 0.4) is 0 Å². The molecular weight excluding hydrogens is 250 g/mol. The Labute approximate surface area is 119 Å². The zero-order valence-corrected chi connectivity index (χ0v) is 12.8. The Bertz CT molecular complexity index is 674. The van der Waals surface area contributed by atoms with E-state index in [1.807, 2.05) is 0 Å². The fraction of sp³-hybridized carbons (Fsp3) is 0.471. The molecule has 1 aromatic heterocycles. The smallest absolute Gasteiger partial charge is 0.231 e. The maximum atomic E-state index is 5.68. The summed E-state index contributed by atoms with van der Waals surface area (Å²) in [4.78, 5) is 4.83. The van der Waals surface area contributed by atoms with Gasteiger partial charge in [-0.1, -0.05) is 27.7 Å². The van der Waals surface area contributed by atoms with Gasteiger partial charge >= 0.3 is 0 Å². The van der Waals surface area contributed by atoms with Gasteiger partial charge in [0.2, 0.25) is 6.79 Å². The minimum absolute atomic E-state index is 0.292. The molecule has 0 aliphatic carbocycles. The van der Waals surface area contributed by atoms with E-state index in [0.717, 1.165) is 28.3 Å². The normalized spacial score (nSPS) is 13.8. The van der Waals surface area contributed by atoms with Crippen molar-refractivity contribution >= 4 is 10.9 Å². The number of hydrogen-bond acceptors (Lipinski definition) is 3. The van der Waals surface area contributed by atoms with Crippen molar-refractivity contribution in [1.29, 1.82) is 0 Å². The summed E-state index contributed by atoms with van der Waals surface area (Å²) in [6.07, 6.45) is 0. The quantitative estimate of drug-likeness (QED) is 0.804. The highest BCUT2D eigenvalue weighted by atomic mass is 16.7. The first-order chi connectivity index (χ1) is 9.49. The molecule has 2 aromatic rings. The van der Waals surface area contributed by atoms with Crippen molar-refractivity contribution < 1.29 is 9.47 Å². The predicted octanol–water partition coefficient (Wildman–Crippen LogP) is 4.52. The molecule has 0 saturated carbocycles. The molecule has 0 saturated heterocycles. The molecule has 3 rings (SSSR count). The summed E-state index contributed by atoms with van der Waals surface area (Å²) in [5.74, 6) is 2.51. The third-order valence-corrected chi connectivity index (χ3v) is 3.87. The first-order valence-corrected chi connectivity index (χ1v) is 7.22. The number of nitrogens with zero attached hydrogens (tertiary/aromatic N) is 1. The highest BCUT2D eigenvalue weighted by Crippen LogP contribution is 2.43. The van der Waals surface area contributed by atoms with Gasteiger partial charge in [0.05, 0.1) is 0 Å². The summed E-state index contributed by atoms with van der Waals surface area (Å²) in [6.45, 7) is 11.1. The second-order valence-corrected chi connectivity index (χ2v) is 6.10. The molecule has 1 aromatic carbocycles. The number of fused-ring (bicyclic) bond motifs is 3. The summed E-state index contributed by atoms with van der Waals surface area (Å²) in [6, 6.07) is 4.41. The first kappa shape index (κ1) is 13.2. The van der Waals surface area contributed by atoms with Gasteiger partial charge < -0.3 is 9.47 Å². The minimum Gasteiger partial charge on any atom is -0.453 e. The van der Waals surface area contributed by atoms with Gasteiger partial charge in [0.15, 0.2) is 11.5 Å². The lowest BCUT2D eigenvalue weighted by atomic mass is 9.94. The van der Waals surface area contributed by atoms with Crippen molar-refractivity contribution in [3.8, 4) is 11.5 Å². The van der Waals surface area contributed by atoms with Crippen molar-refractivity contribution in [3.63, 3.8) is 0 Å². The topological polar surface area (TPSA) is 31.4 Å². The fourth-order valence-corrected chi connectivity index (χ4v) is 2.72. The van der Waals surface area contributed by atoms with Crippen LogP contribution in [-0.2, 0) is 0 Å². The van der Waals surface area contributed by atoms with Crippen LogP contribution in [0.25, 0.3) is 10.9 Å². The molecule has 0 spiro atoms. The zero-order valence-electron chi connectivity index (χ0n) is 12.8. The van der Waals surface area contributed by atoms with Crippen LogP contribution in [0.1, 0.15) is 56.4 Å². The molecule has 0 amide bonds. The Kier molecular flexibility index (Phi) is 3.08. The minimum atomic E-state index is 0.292. The Balaban J connectivity index is 2.40. The highest BCUT2D eigenvalue weighted by Gasteiger charge is 2.23. The van der Waals surface area contributed by atoms with Crippen molar-refractivity contribution in [2.45, 2.75) is 46.5 Å². The third-order valence-electron chi connectivity index (χ3n) is 3.87. The van der Waals surface area contributed by atoms with Gasteiger partial charge in [0, 0.05) is 11.1 Å². The first-order valence-electron chi connectivity index (χ1n) is 7.22. The van der Waals surface area contributed by atoms with Crippen molar-refractivity contribution in [3.05, 3.63) is 29.0 Å². The molecule has 0 bridgehead atoms. The molecule has 0 atom stereocenters. The standard InChI is InChI=1S/C17H21NO2/c1-9(2)12-7-14(10(3)4)18-15-13(12)6-11(5)16-17(15)20-8-19-16/h6-7,9-10H,8H2,1-5H3. The molecule has 3 heteroatoms. The number of rotatable bonds is 2. The number of benzene rings is 1. The van der Waals surface area contributed by atoms with Crippen molar-refractivity contribution in [2.24, 2.45) is 0 Å². The van der Waals surface area contributed by atoms with Crippen LogP contribution < -0.4 is 9.47 Å². The van der Waals surface area contributed by atoms with E-state index in [2.05, 4.69) is 46.8 Å². The van der Waals surface area contributed by atoms with Crippen LogP contribution in [0.2, 0.25) is 0 Å². The molecular formula is C17H21NO2. The summed E-state index contributed by atoms with van der Waals surface area (Å²) in [5, 5.41) is 1.19. The van der Waals surface area contributed by atoms with Crippen LogP contribution in [0.15, 0.2) is 12.1 Å². The molecule has 1 aliphatic heterocycles. The van der Waals surface area contributed by atoms with Gasteiger partial charge in [-0.25, -0.2) is 4.98 Å². The maximum Gasteiger partial charge on any atom is 0.231 e. The molecule has 3 nitrogen and oxygen atoms in total. The molecule has 0 unspecified atom stereocenters. The Morgan fingerprint density at radius 3 is 2.35 bits per heavy atom. The molecule has 20 heavy (non-hydrogen) atoms. The lowest BCUT2D eigenvalue weighted by Gasteiger charge is -2.16. The van der Waals surface area contributed by atoms with Gasteiger partial charge in [-0.3, -0.25) is 0 Å². The average molecular weight is 271 g/mol. The van der Waals surface area contributed by atoms with E-state index in [4.69, 9.17) is 14.5 Å². The summed E-state index contributed by atoms with van der Waals surface area (Å²) in [5.41, 5.74) is 4.51. The van der Waals surface area contributed by atoms with E-state index in [0.29, 0.717) is 18.6 Å². The Morgan fingerprint density at radius 2 is 1.70 bits per heavy atom. The van der Waals surface area contributed by atoms with Gasteiger partial charge in [-0.05, 0) is 42.0 Å². The van der Waals surface area contributed by atoms with Gasteiger partial charge in [-0.15, -0.1) is 0 Å². The number of hydrogen-bond donors (Lipinski definition) is 0. The fourth-order valence-electron chi connectivity index (χ4n) is 2.72. The number of aryl methyl sites for hydroxylation is 1. The van der Waals surface area contributed by atoms with Crippen LogP contribution in [0.4, 0.5) is 0 Å². The average Bonchev–Trinajstić information content (AvgIpc) is 2.87. The SMILES string of the molecule is Cc1cc2c(C(C)C)cc(C(C)C)nc2c2c1OCO2. The van der Waals surface area contributed by atoms with Crippen LogP contribution >= 0.6 is 0 Å². The molecule has 0 N–H and O–H groups in total. The second kappa shape index (κ2) is 4.65. The van der Waals surface area contributed by atoms with E-state index in [1.54, 1.807) is 0 Å². The molecule has 106 valence electrons. The monoisotopic (exact) mass is 271 g/mol. The number of aromatic nitrogens is 1. The lowest BCUT2D eigenvalue weighted by molar-refractivity contribution is 0.174. The van der Waals surface area contributed by atoms with Gasteiger partial charge in [0.1, 0.15) is 5.52 Å². The zero-order chi connectivity index (χ0) is 14.4. The molecule has 0 radical (unpaired) electrons. The highest BCUT2D eigenvalue weighted by molar-refractivity contribution is 5.92. The second-order valence-electron chi connectivity index (χ2n) is 6.10. The largest absolute Gasteiger partial charge is 0.453 e. The van der Waals surface area contributed by atoms with Crippen LogP contribution in [0, 0.1) is 6.92 Å². The maximum absolute atomic E-state index is 5.68. The Morgan fingerprint density at radius 1 is 1.00 bits per heavy atom. The lowest BCUT2D eigenvalue weighted by Crippen LogP contribution is -2.00. The van der Waals surface area contributed by atoms with Gasteiger partial charge in [0.25, 0.3) is 0 Å². The van der Waals surface area contributed by atoms with E-state index < -0.39 is 0 Å². The van der Waals surface area contributed by atoms with E-state index >= 15 is 0 Å². The van der Waals surface area contributed by atoms with Crippen LogP contribution in [0.5, 0.6) is 11.5 Å². The van der Waals surface area contributed by atoms with Crippen LogP contribution in [-0.4, -0.2) is 11.8 Å². The van der Waals surface area contributed by atoms with Crippen molar-refractivity contribution in [1.82, 2.24) is 4.98 Å². The Hall–Kier alpha value is -1.77. The van der Waals surface area contributed by atoms with Gasteiger partial charge in [-0.2, -0.15) is 0 Å². The van der Waals surface area contributed by atoms with Crippen molar-refractivity contribution in [2.75, 3.05) is 6.79 Å². The molecule has 0 fully saturated rings. The van der Waals surface area contributed by atoms with E-state index in [9.17, 15) is 0 Å². The van der Waals surface area contributed by atoms with E-state index in [1.165, 1.54) is 10.9 Å².